The third kappa shape index (κ3) is 2.35. The molecule has 1 aromatic carbocycles. The summed E-state index contributed by atoms with van der Waals surface area (Å²) < 4.78 is 0. The number of nitrogen functional groups attached to an aromatic ring is 1. The first-order valence-electron chi connectivity index (χ1n) is 7.72. The van der Waals surface area contributed by atoms with Crippen molar-refractivity contribution < 1.29 is 0 Å². The van der Waals surface area contributed by atoms with Crippen LogP contribution in [0.4, 0.5) is 17.3 Å². The molecule has 2 aliphatic rings. The number of fused-ring (bicyclic) bond motifs is 1. The molecule has 4 heteroatoms. The molecule has 108 valence electrons. The third-order valence-electron chi connectivity index (χ3n) is 4.32. The van der Waals surface area contributed by atoms with Gasteiger partial charge in [0.05, 0.1) is 0 Å². The first kappa shape index (κ1) is 12.6. The van der Waals surface area contributed by atoms with E-state index in [-0.39, 0.29) is 0 Å². The fraction of sp³-hybridized carbons (Fsp3) is 0.412. The van der Waals surface area contributed by atoms with Gasteiger partial charge in [-0.05, 0) is 44.2 Å². The van der Waals surface area contributed by atoms with Gasteiger partial charge in [-0.2, -0.15) is 0 Å². The zero-order valence-corrected chi connectivity index (χ0v) is 12.3. The maximum Gasteiger partial charge on any atom is 0.138 e. The Bertz CT molecular complexity index is 691. The van der Waals surface area contributed by atoms with Crippen LogP contribution < -0.4 is 10.6 Å². The Morgan fingerprint density at radius 1 is 1.19 bits per heavy atom. The minimum absolute atomic E-state index is 0.523. The lowest BCUT2D eigenvalue weighted by molar-refractivity contribution is 0.753. The van der Waals surface area contributed by atoms with E-state index in [4.69, 9.17) is 10.7 Å². The summed E-state index contributed by atoms with van der Waals surface area (Å²) in [6, 6.07) is 8.57. The number of rotatable bonds is 2. The molecule has 2 aromatic rings. The number of aromatic nitrogens is 2. The molecule has 0 amide bonds. The fourth-order valence-corrected chi connectivity index (χ4v) is 3.10. The summed E-state index contributed by atoms with van der Waals surface area (Å²) in [6.07, 6.45) is 4.68. The SMILES string of the molecule is Cc1ccc2c(c1)CCCN2c1cc(N)nc(C2CC2)n1. The van der Waals surface area contributed by atoms with Crippen LogP contribution in [-0.4, -0.2) is 16.5 Å². The van der Waals surface area contributed by atoms with E-state index in [1.54, 1.807) is 0 Å². The first-order valence-corrected chi connectivity index (χ1v) is 7.72. The van der Waals surface area contributed by atoms with E-state index < -0.39 is 0 Å². The zero-order chi connectivity index (χ0) is 14.4. The quantitative estimate of drug-likeness (QED) is 0.916. The van der Waals surface area contributed by atoms with E-state index in [9.17, 15) is 0 Å². The van der Waals surface area contributed by atoms with Crippen LogP contribution in [0.5, 0.6) is 0 Å². The molecular weight excluding hydrogens is 260 g/mol. The van der Waals surface area contributed by atoms with Crippen LogP contribution in [0.2, 0.25) is 0 Å². The van der Waals surface area contributed by atoms with E-state index >= 15 is 0 Å². The van der Waals surface area contributed by atoms with Gasteiger partial charge in [-0.1, -0.05) is 17.7 Å². The molecular formula is C17H20N4. The standard InChI is InChI=1S/C17H20N4/c1-11-4-7-14-13(9-11)3-2-8-21(14)16-10-15(18)19-17(20-16)12-5-6-12/h4,7,9-10,12H,2-3,5-6,8H2,1H3,(H2,18,19,20). The van der Waals surface area contributed by atoms with Crippen LogP contribution in [0.25, 0.3) is 0 Å². The molecule has 0 unspecified atom stereocenters. The van der Waals surface area contributed by atoms with Crippen LogP contribution in [0.3, 0.4) is 0 Å². The molecule has 0 atom stereocenters. The van der Waals surface area contributed by atoms with E-state index in [0.29, 0.717) is 11.7 Å². The van der Waals surface area contributed by atoms with Gasteiger partial charge in [0, 0.05) is 24.2 Å². The van der Waals surface area contributed by atoms with Crippen molar-refractivity contribution in [3.8, 4) is 0 Å². The lowest BCUT2D eigenvalue weighted by Gasteiger charge is -2.31. The topological polar surface area (TPSA) is 55.0 Å². The molecule has 1 fully saturated rings. The highest BCUT2D eigenvalue weighted by atomic mass is 15.2. The monoisotopic (exact) mass is 280 g/mol. The van der Waals surface area contributed by atoms with Crippen molar-refractivity contribution >= 4 is 17.3 Å². The van der Waals surface area contributed by atoms with Crippen LogP contribution >= 0.6 is 0 Å². The van der Waals surface area contributed by atoms with Gasteiger partial charge in [-0.25, -0.2) is 9.97 Å². The van der Waals surface area contributed by atoms with E-state index in [1.807, 2.05) is 6.07 Å². The smallest absolute Gasteiger partial charge is 0.138 e. The van der Waals surface area contributed by atoms with Gasteiger partial charge in [-0.3, -0.25) is 0 Å². The molecule has 1 aromatic heterocycles. The largest absolute Gasteiger partial charge is 0.384 e. The number of anilines is 3. The molecule has 2 heterocycles. The molecule has 1 aliphatic heterocycles. The van der Waals surface area contributed by atoms with Crippen molar-refractivity contribution in [1.29, 1.82) is 0 Å². The number of benzene rings is 1. The van der Waals surface area contributed by atoms with Gasteiger partial charge in [0.25, 0.3) is 0 Å². The van der Waals surface area contributed by atoms with Crippen molar-refractivity contribution in [3.63, 3.8) is 0 Å². The lowest BCUT2D eigenvalue weighted by Crippen LogP contribution is -2.26. The molecule has 0 bridgehead atoms. The van der Waals surface area contributed by atoms with Crippen LogP contribution in [-0.2, 0) is 6.42 Å². The average Bonchev–Trinajstić information content (AvgIpc) is 3.30. The van der Waals surface area contributed by atoms with Crippen molar-refractivity contribution in [2.45, 2.75) is 38.5 Å². The Morgan fingerprint density at radius 3 is 2.86 bits per heavy atom. The molecule has 4 nitrogen and oxygen atoms in total. The average molecular weight is 280 g/mol. The van der Waals surface area contributed by atoms with Gasteiger partial charge < -0.3 is 10.6 Å². The van der Waals surface area contributed by atoms with Gasteiger partial charge in [0.15, 0.2) is 0 Å². The molecule has 4 rings (SSSR count). The highest BCUT2D eigenvalue weighted by Gasteiger charge is 2.28. The van der Waals surface area contributed by atoms with Gasteiger partial charge in [-0.15, -0.1) is 0 Å². The van der Waals surface area contributed by atoms with E-state index in [2.05, 4.69) is 35.0 Å². The van der Waals surface area contributed by atoms with Gasteiger partial charge in [0.1, 0.15) is 17.5 Å². The minimum atomic E-state index is 0.523. The van der Waals surface area contributed by atoms with Crippen LogP contribution in [0.1, 0.15) is 42.1 Å². The van der Waals surface area contributed by atoms with Crippen LogP contribution in [0.15, 0.2) is 24.3 Å². The van der Waals surface area contributed by atoms with Crippen LogP contribution in [0, 0.1) is 6.92 Å². The summed E-state index contributed by atoms with van der Waals surface area (Å²) in [7, 11) is 0. The number of nitrogens with zero attached hydrogens (tertiary/aromatic N) is 3. The number of aryl methyl sites for hydroxylation is 2. The van der Waals surface area contributed by atoms with Gasteiger partial charge in [0.2, 0.25) is 0 Å². The first-order chi connectivity index (χ1) is 10.2. The second kappa shape index (κ2) is 4.72. The highest BCUT2D eigenvalue weighted by Crippen LogP contribution is 2.40. The maximum atomic E-state index is 6.00. The molecule has 1 aliphatic carbocycles. The molecule has 1 saturated carbocycles. The summed E-state index contributed by atoms with van der Waals surface area (Å²) in [4.78, 5) is 11.5. The molecule has 0 spiro atoms. The Labute approximate surface area is 125 Å². The number of hydrogen-bond acceptors (Lipinski definition) is 4. The Morgan fingerprint density at radius 2 is 2.05 bits per heavy atom. The predicted molar refractivity (Wildman–Crippen MR) is 84.9 cm³/mol. The molecule has 2 N–H and O–H groups in total. The third-order valence-corrected chi connectivity index (χ3v) is 4.32. The Hall–Kier alpha value is -2.10. The zero-order valence-electron chi connectivity index (χ0n) is 12.3. The molecule has 21 heavy (non-hydrogen) atoms. The summed E-state index contributed by atoms with van der Waals surface area (Å²) in [6.45, 7) is 3.14. The van der Waals surface area contributed by atoms with E-state index in [1.165, 1.54) is 29.7 Å². The predicted octanol–water partition coefficient (Wildman–Crippen LogP) is 3.33. The minimum Gasteiger partial charge on any atom is -0.384 e. The molecule has 0 radical (unpaired) electrons. The second-order valence-electron chi connectivity index (χ2n) is 6.17. The number of nitrogens with two attached hydrogens (primary N) is 1. The highest BCUT2D eigenvalue weighted by molar-refractivity contribution is 5.67. The maximum absolute atomic E-state index is 6.00. The fourth-order valence-electron chi connectivity index (χ4n) is 3.10. The summed E-state index contributed by atoms with van der Waals surface area (Å²) in [5.74, 6) is 2.98. The Balaban J connectivity index is 1.77. The summed E-state index contributed by atoms with van der Waals surface area (Å²) >= 11 is 0. The van der Waals surface area contributed by atoms with E-state index in [0.717, 1.165) is 31.0 Å². The normalized spacial score (nSPS) is 17.7. The lowest BCUT2D eigenvalue weighted by atomic mass is 9.99. The number of hydrogen-bond donors (Lipinski definition) is 1. The summed E-state index contributed by atoms with van der Waals surface area (Å²) in [5.41, 5.74) is 9.99. The summed E-state index contributed by atoms with van der Waals surface area (Å²) in [5, 5.41) is 0. The van der Waals surface area contributed by atoms with Crippen molar-refractivity contribution in [2.75, 3.05) is 17.2 Å². The molecule has 0 saturated heterocycles. The van der Waals surface area contributed by atoms with Gasteiger partial charge >= 0.3 is 0 Å². The van der Waals surface area contributed by atoms with Crippen molar-refractivity contribution in [1.82, 2.24) is 9.97 Å². The Kier molecular flexibility index (Phi) is 2.84. The van der Waals surface area contributed by atoms with Crippen molar-refractivity contribution in [2.24, 2.45) is 0 Å². The van der Waals surface area contributed by atoms with Crippen molar-refractivity contribution in [3.05, 3.63) is 41.2 Å². The second-order valence-corrected chi connectivity index (χ2v) is 6.17.